The average Bonchev–Trinajstić information content (AvgIpc) is 3.21. The van der Waals surface area contributed by atoms with Crippen LogP contribution in [0.1, 0.15) is 22.6 Å². The van der Waals surface area contributed by atoms with Gasteiger partial charge in [0.15, 0.2) is 5.65 Å². The van der Waals surface area contributed by atoms with Gasteiger partial charge in [0.2, 0.25) is 11.4 Å². The molecule has 1 aliphatic rings. The number of fused-ring (bicyclic) bond motifs is 1. The molecule has 0 spiro atoms. The van der Waals surface area contributed by atoms with Crippen molar-refractivity contribution < 1.29 is 14.7 Å². The monoisotopic (exact) mass is 375 g/mol. The van der Waals surface area contributed by atoms with Crippen LogP contribution in [0.3, 0.4) is 0 Å². The quantitative estimate of drug-likeness (QED) is 0.631. The molecule has 4 rings (SSSR count). The first-order chi connectivity index (χ1) is 13.4. The van der Waals surface area contributed by atoms with E-state index in [0.717, 1.165) is 0 Å². The Balaban J connectivity index is 1.76. The van der Waals surface area contributed by atoms with Gasteiger partial charge in [-0.1, -0.05) is 24.0 Å². The van der Waals surface area contributed by atoms with Gasteiger partial charge < -0.3 is 15.7 Å². The Morgan fingerprint density at radius 2 is 2.18 bits per heavy atom. The van der Waals surface area contributed by atoms with E-state index in [0.29, 0.717) is 29.0 Å². The third kappa shape index (κ3) is 2.88. The first kappa shape index (κ1) is 17.7. The highest BCUT2D eigenvalue weighted by atomic mass is 16.3. The molecule has 1 fully saturated rings. The summed E-state index contributed by atoms with van der Waals surface area (Å²) in [4.78, 5) is 33.8. The summed E-state index contributed by atoms with van der Waals surface area (Å²) < 4.78 is 1.53. The number of imidazole rings is 1. The van der Waals surface area contributed by atoms with E-state index in [1.165, 1.54) is 9.30 Å². The van der Waals surface area contributed by atoms with Crippen molar-refractivity contribution in [3.63, 3.8) is 0 Å². The summed E-state index contributed by atoms with van der Waals surface area (Å²) in [5, 5.41) is 10.4. The van der Waals surface area contributed by atoms with Crippen LogP contribution in [0.5, 0.6) is 0 Å². The second-order valence-corrected chi connectivity index (χ2v) is 6.63. The van der Waals surface area contributed by atoms with Crippen LogP contribution in [0.2, 0.25) is 0 Å². The molecule has 3 aromatic rings. The van der Waals surface area contributed by atoms with Crippen molar-refractivity contribution >= 4 is 17.5 Å². The molecule has 140 valence electrons. The second-order valence-electron chi connectivity index (χ2n) is 6.63. The van der Waals surface area contributed by atoms with Crippen LogP contribution in [0.4, 0.5) is 0 Å². The largest absolute Gasteiger partial charge is 0.369 e. The van der Waals surface area contributed by atoms with E-state index in [2.05, 4.69) is 21.8 Å². The highest BCUT2D eigenvalue weighted by molar-refractivity contribution is 5.93. The number of hydrogen-bond acceptors (Lipinski definition) is 5. The number of aromatic nitrogens is 3. The minimum atomic E-state index is -1.66. The minimum Gasteiger partial charge on any atom is -0.369 e. The maximum atomic E-state index is 12.1. The van der Waals surface area contributed by atoms with E-state index in [-0.39, 0.29) is 12.2 Å². The molecule has 1 saturated heterocycles. The summed E-state index contributed by atoms with van der Waals surface area (Å²) in [7, 11) is 1.63. The molecule has 0 saturated carbocycles. The summed E-state index contributed by atoms with van der Waals surface area (Å²) in [6.45, 7) is 0.465. The van der Waals surface area contributed by atoms with E-state index in [1.54, 1.807) is 43.7 Å². The third-order valence-corrected chi connectivity index (χ3v) is 4.68. The number of carbonyl (C=O) groups is 2. The van der Waals surface area contributed by atoms with Crippen LogP contribution in [0, 0.1) is 11.8 Å². The molecule has 28 heavy (non-hydrogen) atoms. The lowest BCUT2D eigenvalue weighted by Gasteiger charge is -2.13. The van der Waals surface area contributed by atoms with Crippen LogP contribution >= 0.6 is 0 Å². The molecule has 1 aromatic carbocycles. The predicted molar refractivity (Wildman–Crippen MR) is 101 cm³/mol. The fourth-order valence-corrected chi connectivity index (χ4v) is 3.18. The number of benzene rings is 1. The van der Waals surface area contributed by atoms with Gasteiger partial charge in [-0.15, -0.1) is 0 Å². The summed E-state index contributed by atoms with van der Waals surface area (Å²) in [6.07, 6.45) is 3.54. The van der Waals surface area contributed by atoms with E-state index in [1.807, 2.05) is 6.07 Å². The summed E-state index contributed by atoms with van der Waals surface area (Å²) in [5.74, 6) is 4.60. The smallest absolute Gasteiger partial charge is 0.285 e. The van der Waals surface area contributed by atoms with Gasteiger partial charge in [0, 0.05) is 43.5 Å². The van der Waals surface area contributed by atoms with Gasteiger partial charge in [-0.05, 0) is 18.2 Å². The molecule has 0 bridgehead atoms. The normalized spacial score (nSPS) is 18.9. The van der Waals surface area contributed by atoms with E-state index >= 15 is 0 Å². The standard InChI is InChI=1S/C20H17N5O3/c1-24-11-8-20(28,19(24)27)7-6-13-4-2-5-14(12-13)15-17-22-9-3-10-25(17)18(23-15)16(21)26/h2-5,9-10,12,28H,8,11H2,1H3,(H2,21,26). The Hall–Kier alpha value is -3.70. The van der Waals surface area contributed by atoms with Crippen molar-refractivity contribution in [2.75, 3.05) is 13.6 Å². The lowest BCUT2D eigenvalue weighted by atomic mass is 10.0. The Bertz CT molecular complexity index is 1170. The number of carbonyl (C=O) groups excluding carboxylic acids is 2. The summed E-state index contributed by atoms with van der Waals surface area (Å²) in [5.41, 5.74) is 6.04. The zero-order chi connectivity index (χ0) is 19.9. The summed E-state index contributed by atoms with van der Waals surface area (Å²) in [6, 6.07) is 8.81. The number of primary amides is 1. The van der Waals surface area contributed by atoms with Crippen molar-refractivity contribution in [3.05, 3.63) is 54.1 Å². The fraction of sp³-hybridized carbons (Fsp3) is 0.200. The number of hydrogen-bond donors (Lipinski definition) is 2. The van der Waals surface area contributed by atoms with Crippen molar-refractivity contribution in [1.29, 1.82) is 0 Å². The Morgan fingerprint density at radius 1 is 1.36 bits per heavy atom. The SMILES string of the molecule is CN1CCC(O)(C#Cc2cccc(-c3nc(C(N)=O)n4cccnc34)c2)C1=O. The van der Waals surface area contributed by atoms with Gasteiger partial charge in [0.1, 0.15) is 5.69 Å². The first-order valence-corrected chi connectivity index (χ1v) is 8.63. The van der Waals surface area contributed by atoms with Gasteiger partial charge in [-0.25, -0.2) is 9.97 Å². The van der Waals surface area contributed by atoms with Crippen LogP contribution in [-0.4, -0.2) is 55.4 Å². The van der Waals surface area contributed by atoms with Crippen LogP contribution in [-0.2, 0) is 4.79 Å². The molecule has 8 nitrogen and oxygen atoms in total. The van der Waals surface area contributed by atoms with Crippen LogP contribution in [0.25, 0.3) is 16.9 Å². The molecule has 0 radical (unpaired) electrons. The van der Waals surface area contributed by atoms with Crippen molar-refractivity contribution in [2.45, 2.75) is 12.0 Å². The van der Waals surface area contributed by atoms with Crippen molar-refractivity contribution in [1.82, 2.24) is 19.3 Å². The predicted octanol–water partition coefficient (Wildman–Crippen LogP) is 0.440. The molecule has 3 N–H and O–H groups in total. The molecule has 2 aromatic heterocycles. The van der Waals surface area contributed by atoms with E-state index in [4.69, 9.17) is 5.73 Å². The van der Waals surface area contributed by atoms with Gasteiger partial charge in [-0.2, -0.15) is 0 Å². The van der Waals surface area contributed by atoms with Gasteiger partial charge >= 0.3 is 0 Å². The van der Waals surface area contributed by atoms with E-state index < -0.39 is 17.4 Å². The third-order valence-electron chi connectivity index (χ3n) is 4.68. The van der Waals surface area contributed by atoms with Crippen LogP contribution in [0.15, 0.2) is 42.7 Å². The number of nitrogens with two attached hydrogens (primary N) is 1. The van der Waals surface area contributed by atoms with Crippen molar-refractivity contribution in [2.24, 2.45) is 5.73 Å². The molecule has 0 aliphatic carbocycles. The molecular formula is C20H17N5O3. The zero-order valence-corrected chi connectivity index (χ0v) is 15.1. The second kappa shape index (κ2) is 6.48. The molecule has 1 atom stereocenters. The Labute approximate surface area is 160 Å². The first-order valence-electron chi connectivity index (χ1n) is 8.63. The lowest BCUT2D eigenvalue weighted by Crippen LogP contribution is -2.37. The number of nitrogens with zero attached hydrogens (tertiary/aromatic N) is 4. The number of likely N-dealkylation sites (N-methyl/N-ethyl adjacent to an activating group) is 1. The number of aliphatic hydroxyl groups is 1. The van der Waals surface area contributed by atoms with Gasteiger partial charge in [0.05, 0.1) is 0 Å². The molecule has 1 unspecified atom stereocenters. The maximum Gasteiger partial charge on any atom is 0.285 e. The minimum absolute atomic E-state index is 0.0866. The van der Waals surface area contributed by atoms with Gasteiger partial charge in [0.25, 0.3) is 11.8 Å². The highest BCUT2D eigenvalue weighted by Crippen LogP contribution is 2.25. The molecule has 2 amide bonds. The Kier molecular flexibility index (Phi) is 4.09. The van der Waals surface area contributed by atoms with Gasteiger partial charge in [-0.3, -0.25) is 14.0 Å². The average molecular weight is 375 g/mol. The summed E-state index contributed by atoms with van der Waals surface area (Å²) >= 11 is 0. The maximum absolute atomic E-state index is 12.1. The molecule has 8 heteroatoms. The lowest BCUT2D eigenvalue weighted by molar-refractivity contribution is -0.137. The fourth-order valence-electron chi connectivity index (χ4n) is 3.18. The topological polar surface area (TPSA) is 114 Å². The number of likely N-dealkylation sites (tertiary alicyclic amines) is 1. The Morgan fingerprint density at radius 3 is 2.89 bits per heavy atom. The zero-order valence-electron chi connectivity index (χ0n) is 15.1. The van der Waals surface area contributed by atoms with Crippen molar-refractivity contribution in [3.8, 4) is 23.1 Å². The molecular weight excluding hydrogens is 358 g/mol. The number of amides is 2. The van der Waals surface area contributed by atoms with Crippen LogP contribution < -0.4 is 5.73 Å². The molecule has 1 aliphatic heterocycles. The highest BCUT2D eigenvalue weighted by Gasteiger charge is 2.42. The number of rotatable bonds is 2. The molecule has 3 heterocycles. The van der Waals surface area contributed by atoms with E-state index in [9.17, 15) is 14.7 Å².